The number of hydrogen-bond acceptors (Lipinski definition) is 8. The van der Waals surface area contributed by atoms with E-state index in [1.54, 1.807) is 25.1 Å². The van der Waals surface area contributed by atoms with Crippen LogP contribution < -0.4 is 14.2 Å². The van der Waals surface area contributed by atoms with Crippen LogP contribution >= 0.6 is 0 Å². The summed E-state index contributed by atoms with van der Waals surface area (Å²) in [7, 11) is -2.55. The van der Waals surface area contributed by atoms with Crippen LogP contribution in [0.5, 0.6) is 23.0 Å². The number of aromatic hydroxyl groups is 1. The monoisotopic (exact) mass is 613 g/mol. The Bertz CT molecular complexity index is 1560. The number of Topliss-reactive ketones (excluding diaryl/α,β-unsaturated/α-hetero) is 1. The van der Waals surface area contributed by atoms with E-state index in [4.69, 9.17) is 14.2 Å². The van der Waals surface area contributed by atoms with Gasteiger partial charge < -0.3 is 24.4 Å². The van der Waals surface area contributed by atoms with Gasteiger partial charge in [0.15, 0.2) is 17.3 Å². The van der Waals surface area contributed by atoms with E-state index in [9.17, 15) is 28.2 Å². The third kappa shape index (κ3) is 8.71. The zero-order valence-corrected chi connectivity index (χ0v) is 26.2. The van der Waals surface area contributed by atoms with Crippen LogP contribution in [-0.2, 0) is 10.0 Å². The maximum Gasteiger partial charge on any atom is 0.335 e. The van der Waals surface area contributed by atoms with E-state index in [2.05, 4.69) is 0 Å². The molecule has 0 unspecified atom stereocenters. The number of ketones is 1. The van der Waals surface area contributed by atoms with Gasteiger partial charge in [-0.15, -0.1) is 0 Å². The normalized spacial score (nSPS) is 11.8. The van der Waals surface area contributed by atoms with Crippen LogP contribution in [0.15, 0.2) is 59.5 Å². The number of hydrogen-bond donors (Lipinski definition) is 2. The molecule has 0 aliphatic heterocycles. The molecule has 2 N–H and O–H groups in total. The first kappa shape index (κ1) is 33.4. The lowest BCUT2D eigenvalue weighted by Gasteiger charge is -2.23. The highest BCUT2D eigenvalue weighted by molar-refractivity contribution is 7.89. The number of nitrogens with zero attached hydrogens (tertiary/aromatic N) is 1. The molecule has 0 saturated carbocycles. The van der Waals surface area contributed by atoms with Crippen LogP contribution in [0.4, 0.5) is 0 Å². The molecular weight excluding hydrogens is 574 g/mol. The molecule has 0 bridgehead atoms. The number of carbonyl (C=O) groups is 2. The topological polar surface area (TPSA) is 140 Å². The van der Waals surface area contributed by atoms with Gasteiger partial charge in [0.25, 0.3) is 0 Å². The summed E-state index contributed by atoms with van der Waals surface area (Å²) in [6, 6.07) is 13.7. The molecule has 11 heteroatoms. The SMILES string of the molecule is COc1ccc(C(=O)O)cc1OCCN(CCOc1ccc(C(=O)CC(C)(C)C)c(O)c1C)S(=O)(=O)c1ccc(C)cc1. The predicted octanol–water partition coefficient (Wildman–Crippen LogP) is 5.48. The highest BCUT2D eigenvalue weighted by Gasteiger charge is 2.26. The fraction of sp³-hybridized carbons (Fsp3) is 0.375. The molecule has 0 radical (unpaired) electrons. The van der Waals surface area contributed by atoms with Crippen molar-refractivity contribution in [2.75, 3.05) is 33.4 Å². The summed E-state index contributed by atoms with van der Waals surface area (Å²) >= 11 is 0. The quantitative estimate of drug-likeness (QED) is 0.226. The summed E-state index contributed by atoms with van der Waals surface area (Å²) in [6.07, 6.45) is 0.264. The minimum Gasteiger partial charge on any atom is -0.507 e. The summed E-state index contributed by atoms with van der Waals surface area (Å²) in [5.74, 6) is -0.688. The molecule has 0 aliphatic rings. The minimum atomic E-state index is -3.96. The molecule has 0 saturated heterocycles. The van der Waals surface area contributed by atoms with E-state index >= 15 is 0 Å². The van der Waals surface area contributed by atoms with Crippen molar-refractivity contribution in [3.63, 3.8) is 0 Å². The maximum absolute atomic E-state index is 13.6. The van der Waals surface area contributed by atoms with Crippen LogP contribution in [0.3, 0.4) is 0 Å². The molecule has 232 valence electrons. The molecule has 0 heterocycles. The number of carboxylic acid groups (broad SMARTS) is 1. The maximum atomic E-state index is 13.6. The number of carboxylic acids is 1. The molecule has 0 fully saturated rings. The molecule has 0 amide bonds. The molecule has 0 atom stereocenters. The summed E-state index contributed by atoms with van der Waals surface area (Å²) in [6.45, 7) is 9.01. The molecule has 3 aromatic carbocycles. The molecular formula is C32H39NO9S. The van der Waals surface area contributed by atoms with E-state index in [1.807, 2.05) is 27.7 Å². The van der Waals surface area contributed by atoms with Gasteiger partial charge in [0.2, 0.25) is 10.0 Å². The zero-order valence-electron chi connectivity index (χ0n) is 25.3. The Morgan fingerprint density at radius 2 is 1.44 bits per heavy atom. The fourth-order valence-corrected chi connectivity index (χ4v) is 5.70. The van der Waals surface area contributed by atoms with Gasteiger partial charge in [-0.1, -0.05) is 38.5 Å². The summed E-state index contributed by atoms with van der Waals surface area (Å²) < 4.78 is 45.3. The van der Waals surface area contributed by atoms with Crippen LogP contribution in [0.2, 0.25) is 0 Å². The number of phenols is 1. The number of sulfonamides is 1. The molecule has 3 aromatic rings. The Hall–Kier alpha value is -4.09. The lowest BCUT2D eigenvalue weighted by molar-refractivity contribution is 0.0695. The predicted molar refractivity (Wildman–Crippen MR) is 162 cm³/mol. The number of benzene rings is 3. The highest BCUT2D eigenvalue weighted by atomic mass is 32.2. The average molecular weight is 614 g/mol. The van der Waals surface area contributed by atoms with Crippen molar-refractivity contribution in [1.82, 2.24) is 4.31 Å². The van der Waals surface area contributed by atoms with Gasteiger partial charge >= 0.3 is 5.97 Å². The number of carbonyl (C=O) groups excluding carboxylic acids is 1. The fourth-order valence-electron chi connectivity index (χ4n) is 4.29. The Kier molecular flexibility index (Phi) is 10.8. The lowest BCUT2D eigenvalue weighted by atomic mass is 9.87. The number of phenolic OH excluding ortho intramolecular Hbond substituents is 1. The molecule has 0 aliphatic carbocycles. The van der Waals surface area contributed by atoms with Crippen molar-refractivity contribution >= 4 is 21.8 Å². The second-order valence-electron chi connectivity index (χ2n) is 11.3. The Labute approximate surface area is 252 Å². The number of aromatic carboxylic acids is 1. The van der Waals surface area contributed by atoms with Crippen molar-refractivity contribution in [2.45, 2.75) is 45.9 Å². The zero-order chi connectivity index (χ0) is 31.9. The summed E-state index contributed by atoms with van der Waals surface area (Å²) in [4.78, 5) is 24.2. The van der Waals surface area contributed by atoms with E-state index < -0.39 is 16.0 Å². The number of methoxy groups -OCH3 is 1. The average Bonchev–Trinajstić information content (AvgIpc) is 2.93. The van der Waals surface area contributed by atoms with Crippen molar-refractivity contribution in [3.8, 4) is 23.0 Å². The van der Waals surface area contributed by atoms with Crippen molar-refractivity contribution in [1.29, 1.82) is 0 Å². The second-order valence-corrected chi connectivity index (χ2v) is 13.3. The van der Waals surface area contributed by atoms with Gasteiger partial charge in [0.05, 0.1) is 23.1 Å². The van der Waals surface area contributed by atoms with E-state index in [1.165, 1.54) is 47.8 Å². The Morgan fingerprint density at radius 3 is 2.00 bits per heavy atom. The van der Waals surface area contributed by atoms with Gasteiger partial charge in [-0.05, 0) is 61.7 Å². The largest absolute Gasteiger partial charge is 0.507 e. The molecule has 0 aromatic heterocycles. The van der Waals surface area contributed by atoms with Crippen LogP contribution in [0, 0.1) is 19.3 Å². The van der Waals surface area contributed by atoms with Crippen LogP contribution in [0.25, 0.3) is 0 Å². The van der Waals surface area contributed by atoms with E-state index in [-0.39, 0.29) is 71.4 Å². The van der Waals surface area contributed by atoms with E-state index in [0.29, 0.717) is 17.1 Å². The Morgan fingerprint density at radius 1 is 0.860 bits per heavy atom. The number of aryl methyl sites for hydroxylation is 1. The van der Waals surface area contributed by atoms with Gasteiger partial charge in [0.1, 0.15) is 24.7 Å². The van der Waals surface area contributed by atoms with Gasteiger partial charge in [0, 0.05) is 25.1 Å². The van der Waals surface area contributed by atoms with Crippen molar-refractivity contribution in [3.05, 3.63) is 76.9 Å². The minimum absolute atomic E-state index is 0.00178. The van der Waals surface area contributed by atoms with E-state index in [0.717, 1.165) is 5.56 Å². The standard InChI is InChI=1S/C32H39NO9S/c1-21-7-10-24(11-8-21)43(38,39)33(16-18-42-29-19-23(31(36)37)9-13-28(29)40-6)15-17-41-27-14-12-25(30(35)22(27)2)26(34)20-32(3,4)5/h7-14,19,35H,15-18,20H2,1-6H3,(H,36,37). The van der Waals surface area contributed by atoms with Gasteiger partial charge in [-0.2, -0.15) is 4.31 Å². The third-order valence-electron chi connectivity index (χ3n) is 6.64. The van der Waals surface area contributed by atoms with Crippen LogP contribution in [-0.4, -0.2) is 68.1 Å². The third-order valence-corrected chi connectivity index (χ3v) is 8.55. The van der Waals surface area contributed by atoms with Gasteiger partial charge in [-0.3, -0.25) is 4.79 Å². The molecule has 10 nitrogen and oxygen atoms in total. The molecule has 0 spiro atoms. The lowest BCUT2D eigenvalue weighted by Crippen LogP contribution is -2.37. The smallest absolute Gasteiger partial charge is 0.335 e. The summed E-state index contributed by atoms with van der Waals surface area (Å²) in [5.41, 5.74) is 1.25. The first-order chi connectivity index (χ1) is 20.1. The van der Waals surface area contributed by atoms with Crippen LogP contribution in [0.1, 0.15) is 59.0 Å². The first-order valence-corrected chi connectivity index (χ1v) is 15.2. The van der Waals surface area contributed by atoms with Crippen molar-refractivity contribution in [2.24, 2.45) is 5.41 Å². The molecule has 43 heavy (non-hydrogen) atoms. The van der Waals surface area contributed by atoms with Crippen molar-refractivity contribution < 1.29 is 42.4 Å². The number of rotatable bonds is 14. The summed E-state index contributed by atoms with van der Waals surface area (Å²) in [5, 5.41) is 20.0. The first-order valence-electron chi connectivity index (χ1n) is 13.7. The second kappa shape index (κ2) is 13.9. The Balaban J connectivity index is 1.78. The molecule has 3 rings (SSSR count). The number of ether oxygens (including phenoxy) is 3. The van der Waals surface area contributed by atoms with Gasteiger partial charge in [-0.25, -0.2) is 13.2 Å². The highest BCUT2D eigenvalue weighted by Crippen LogP contribution is 2.33.